The Kier molecular flexibility index (Phi) is 4.19. The van der Waals surface area contributed by atoms with Gasteiger partial charge in [-0.3, -0.25) is 9.89 Å². The Hall–Kier alpha value is -4.72. The van der Waals surface area contributed by atoms with E-state index in [0.717, 1.165) is 18.5 Å². The number of anilines is 2. The Morgan fingerprint density at radius 2 is 2.12 bits per heavy atom. The minimum Gasteiger partial charge on any atom is -0.383 e. The van der Waals surface area contributed by atoms with E-state index in [1.165, 1.54) is 6.33 Å². The molecule has 0 aliphatic heterocycles. The van der Waals surface area contributed by atoms with Gasteiger partial charge in [-0.15, -0.1) is 0 Å². The quantitative estimate of drug-likeness (QED) is 0.356. The molecule has 11 heteroatoms. The number of aromatic amines is 1. The highest BCUT2D eigenvalue weighted by Gasteiger charge is 2.44. The van der Waals surface area contributed by atoms with Crippen LogP contribution in [-0.4, -0.2) is 45.2 Å². The summed E-state index contributed by atoms with van der Waals surface area (Å²) in [6.07, 6.45) is 6.60. The number of nitrogens with two attached hydrogens (primary N) is 1. The number of imidazole rings is 1. The molecule has 1 aliphatic carbocycles. The average molecular weight is 452 g/mol. The van der Waals surface area contributed by atoms with Gasteiger partial charge in [-0.2, -0.15) is 10.2 Å². The highest BCUT2D eigenvalue weighted by molar-refractivity contribution is 6.16. The Labute approximate surface area is 193 Å². The summed E-state index contributed by atoms with van der Waals surface area (Å²) in [5, 5.41) is 14.6. The maximum Gasteiger partial charge on any atom is 0.260 e. The molecule has 0 saturated heterocycles. The molecule has 0 aromatic carbocycles. The zero-order chi connectivity index (χ0) is 23.4. The largest absolute Gasteiger partial charge is 0.383 e. The molecular formula is C23H20N10O. The Bertz CT molecular complexity index is 1660. The van der Waals surface area contributed by atoms with E-state index in [9.17, 15) is 4.79 Å². The van der Waals surface area contributed by atoms with Gasteiger partial charge in [0.15, 0.2) is 11.5 Å². The van der Waals surface area contributed by atoms with Gasteiger partial charge in [0, 0.05) is 23.5 Å². The van der Waals surface area contributed by atoms with E-state index in [0.29, 0.717) is 39.4 Å². The molecule has 5 aromatic rings. The van der Waals surface area contributed by atoms with E-state index in [-0.39, 0.29) is 17.3 Å². The van der Waals surface area contributed by atoms with Crippen molar-refractivity contribution >= 4 is 34.2 Å². The molecular weight excluding hydrogens is 432 g/mol. The van der Waals surface area contributed by atoms with Crippen molar-refractivity contribution in [2.45, 2.75) is 32.2 Å². The molecule has 1 aliphatic rings. The van der Waals surface area contributed by atoms with Crippen molar-refractivity contribution in [3.8, 4) is 11.8 Å². The number of rotatable bonds is 3. The van der Waals surface area contributed by atoms with Gasteiger partial charge in [0.25, 0.3) is 5.91 Å². The van der Waals surface area contributed by atoms with Crippen LogP contribution < -0.4 is 11.1 Å². The predicted molar refractivity (Wildman–Crippen MR) is 125 cm³/mol. The number of H-pyrrole nitrogens is 1. The summed E-state index contributed by atoms with van der Waals surface area (Å²) in [7, 11) is 0. The Morgan fingerprint density at radius 1 is 1.26 bits per heavy atom. The fourth-order valence-electron chi connectivity index (χ4n) is 4.10. The van der Waals surface area contributed by atoms with Crippen molar-refractivity contribution in [3.63, 3.8) is 0 Å². The number of nitrogen functional groups attached to an aromatic ring is 1. The van der Waals surface area contributed by atoms with Crippen LogP contribution in [0.15, 0.2) is 36.9 Å². The predicted octanol–water partition coefficient (Wildman–Crippen LogP) is 2.25. The summed E-state index contributed by atoms with van der Waals surface area (Å²) in [5.74, 6) is 6.59. The molecule has 0 radical (unpaired) electrons. The smallest absolute Gasteiger partial charge is 0.260 e. The van der Waals surface area contributed by atoms with Gasteiger partial charge in [0.05, 0.1) is 17.1 Å². The van der Waals surface area contributed by atoms with Crippen LogP contribution in [0.1, 0.15) is 47.2 Å². The minimum absolute atomic E-state index is 0.218. The monoisotopic (exact) mass is 452 g/mol. The highest BCUT2D eigenvalue weighted by Crippen LogP contribution is 2.47. The third-order valence-corrected chi connectivity index (χ3v) is 6.05. The van der Waals surface area contributed by atoms with Crippen LogP contribution in [0.25, 0.3) is 16.7 Å². The lowest BCUT2D eigenvalue weighted by Gasteiger charge is -2.14. The van der Waals surface area contributed by atoms with E-state index in [1.807, 2.05) is 23.6 Å². The first kappa shape index (κ1) is 19.9. The molecule has 0 bridgehead atoms. The molecule has 1 amide bonds. The van der Waals surface area contributed by atoms with Crippen molar-refractivity contribution < 1.29 is 4.79 Å². The van der Waals surface area contributed by atoms with Crippen molar-refractivity contribution in [2.75, 3.05) is 11.1 Å². The number of hydrogen-bond donors (Lipinski definition) is 3. The van der Waals surface area contributed by atoms with Crippen LogP contribution >= 0.6 is 0 Å². The lowest BCUT2D eigenvalue weighted by atomic mass is 10.1. The zero-order valence-corrected chi connectivity index (χ0v) is 18.5. The fraction of sp³-hybridized carbons (Fsp3) is 0.217. The Balaban J connectivity index is 1.59. The number of nitrogens with zero attached hydrogens (tertiary/aromatic N) is 7. The number of aryl methyl sites for hydroxylation is 1. The molecule has 34 heavy (non-hydrogen) atoms. The number of carbonyl (C=O) groups excluding carboxylic acids is 1. The summed E-state index contributed by atoms with van der Waals surface area (Å²) in [5.41, 5.74) is 9.56. The van der Waals surface area contributed by atoms with E-state index in [1.54, 1.807) is 23.0 Å². The normalized spacial score (nSPS) is 14.2. The molecule has 1 fully saturated rings. The zero-order valence-electron chi connectivity index (χ0n) is 18.5. The molecule has 4 N–H and O–H groups in total. The second-order valence-corrected chi connectivity index (χ2v) is 8.59. The van der Waals surface area contributed by atoms with Gasteiger partial charge in [-0.1, -0.05) is 0 Å². The lowest BCUT2D eigenvalue weighted by Crippen LogP contribution is -2.18. The molecule has 11 nitrogen and oxygen atoms in total. The fourth-order valence-corrected chi connectivity index (χ4v) is 4.10. The first-order chi connectivity index (χ1) is 16.4. The average Bonchev–Trinajstić information content (AvgIpc) is 3.15. The van der Waals surface area contributed by atoms with Crippen LogP contribution in [0.2, 0.25) is 0 Å². The molecule has 5 aromatic heterocycles. The van der Waals surface area contributed by atoms with Crippen LogP contribution in [0.4, 0.5) is 11.6 Å². The molecule has 168 valence electrons. The number of amides is 1. The standard InChI is InChI=1S/C23H20N10O/c1-13-10-16(31-30-13)29-22(34)18-15(6-5-14-11-25-17-4-3-9-28-33(14)17)32(23(2)7-8-23)21-19(18)20(24)26-12-27-21/h3-4,9-12H,7-8H2,1-2H3,(H2,24,26,27)(H2,29,30,31,34). The van der Waals surface area contributed by atoms with Gasteiger partial charge in [-0.25, -0.2) is 19.5 Å². The molecule has 5 heterocycles. The van der Waals surface area contributed by atoms with Gasteiger partial charge >= 0.3 is 0 Å². The summed E-state index contributed by atoms with van der Waals surface area (Å²) in [6, 6.07) is 5.40. The van der Waals surface area contributed by atoms with Crippen LogP contribution in [-0.2, 0) is 5.54 Å². The molecule has 0 spiro atoms. The summed E-state index contributed by atoms with van der Waals surface area (Å²) in [6.45, 7) is 3.97. The first-order valence-electron chi connectivity index (χ1n) is 10.7. The van der Waals surface area contributed by atoms with Crippen LogP contribution in [0.3, 0.4) is 0 Å². The SMILES string of the molecule is Cc1cc(NC(=O)c2c(C#Cc3cnc4cccnn34)n(C3(C)CC3)c3ncnc(N)c23)n[nH]1. The molecule has 0 unspecified atom stereocenters. The summed E-state index contributed by atoms with van der Waals surface area (Å²) < 4.78 is 3.66. The van der Waals surface area contributed by atoms with Gasteiger partial charge in [-0.05, 0) is 50.7 Å². The molecule has 6 rings (SSSR count). The number of carbonyl (C=O) groups is 1. The lowest BCUT2D eigenvalue weighted by molar-refractivity contribution is 0.102. The molecule has 0 atom stereocenters. The van der Waals surface area contributed by atoms with E-state index < -0.39 is 0 Å². The van der Waals surface area contributed by atoms with Gasteiger partial charge in [0.1, 0.15) is 29.2 Å². The number of nitrogens with one attached hydrogen (secondary N) is 2. The van der Waals surface area contributed by atoms with Crippen molar-refractivity contribution in [1.29, 1.82) is 0 Å². The minimum atomic E-state index is -0.387. The second-order valence-electron chi connectivity index (χ2n) is 8.59. The highest BCUT2D eigenvalue weighted by atomic mass is 16.1. The van der Waals surface area contributed by atoms with Crippen molar-refractivity contribution in [3.05, 3.63) is 59.6 Å². The maximum atomic E-state index is 13.6. The third kappa shape index (κ3) is 3.07. The van der Waals surface area contributed by atoms with Crippen LogP contribution in [0.5, 0.6) is 0 Å². The summed E-state index contributed by atoms with van der Waals surface area (Å²) >= 11 is 0. The topological polar surface area (TPSA) is 145 Å². The van der Waals surface area contributed by atoms with Gasteiger partial charge < -0.3 is 15.6 Å². The van der Waals surface area contributed by atoms with Crippen LogP contribution in [0, 0.1) is 18.8 Å². The van der Waals surface area contributed by atoms with Crippen molar-refractivity contribution in [1.82, 2.24) is 39.3 Å². The van der Waals surface area contributed by atoms with E-state index in [2.05, 4.69) is 54.3 Å². The third-order valence-electron chi connectivity index (χ3n) is 6.05. The van der Waals surface area contributed by atoms with Gasteiger partial charge in [0.2, 0.25) is 0 Å². The van der Waals surface area contributed by atoms with E-state index in [4.69, 9.17) is 5.73 Å². The van der Waals surface area contributed by atoms with Crippen molar-refractivity contribution in [2.24, 2.45) is 0 Å². The number of hydrogen-bond acceptors (Lipinski definition) is 7. The Morgan fingerprint density at radius 3 is 2.88 bits per heavy atom. The molecule has 1 saturated carbocycles. The van der Waals surface area contributed by atoms with E-state index >= 15 is 0 Å². The second kappa shape index (κ2) is 7.14. The number of aromatic nitrogens is 8. The maximum absolute atomic E-state index is 13.6. The summed E-state index contributed by atoms with van der Waals surface area (Å²) in [4.78, 5) is 26.5. The number of fused-ring (bicyclic) bond motifs is 2. The first-order valence-corrected chi connectivity index (χ1v) is 10.7.